The largest absolute Gasteiger partial charge is 0.444 e. The minimum absolute atomic E-state index is 0.221. The van der Waals surface area contributed by atoms with Gasteiger partial charge >= 0.3 is 6.09 Å². The molecule has 2 N–H and O–H groups in total. The Morgan fingerprint density at radius 1 is 1.26 bits per heavy atom. The Bertz CT molecular complexity index is 860. The van der Waals surface area contributed by atoms with Crippen molar-refractivity contribution in [1.29, 1.82) is 0 Å². The first-order chi connectivity index (χ1) is 12.9. The average molecular weight is 366 g/mol. The lowest BCUT2D eigenvalue weighted by molar-refractivity contribution is 0.0292. The first-order valence-corrected chi connectivity index (χ1v) is 9.46. The van der Waals surface area contributed by atoms with E-state index < -0.39 is 5.60 Å². The molecule has 1 atom stereocenters. The van der Waals surface area contributed by atoms with Crippen molar-refractivity contribution in [2.24, 2.45) is 0 Å². The summed E-state index contributed by atoms with van der Waals surface area (Å²) in [4.78, 5) is 18.6. The van der Waals surface area contributed by atoms with Crippen LogP contribution < -0.4 is 10.6 Å². The number of nitrogens with zero attached hydrogens (tertiary/aromatic N) is 2. The van der Waals surface area contributed by atoms with E-state index >= 15 is 0 Å². The molecule has 142 valence electrons. The van der Waals surface area contributed by atoms with Crippen molar-refractivity contribution in [1.82, 2.24) is 9.88 Å². The van der Waals surface area contributed by atoms with Gasteiger partial charge in [0.2, 0.25) is 0 Å². The van der Waals surface area contributed by atoms with Gasteiger partial charge in [0.25, 0.3) is 0 Å². The zero-order valence-corrected chi connectivity index (χ0v) is 16.1. The summed E-state index contributed by atoms with van der Waals surface area (Å²) >= 11 is 0. The summed E-state index contributed by atoms with van der Waals surface area (Å²) in [6.45, 7) is 7.87. The van der Waals surface area contributed by atoms with E-state index in [0.29, 0.717) is 12.5 Å². The minimum Gasteiger partial charge on any atom is -0.444 e. The molecule has 0 spiro atoms. The van der Waals surface area contributed by atoms with E-state index in [-0.39, 0.29) is 6.09 Å². The Labute approximate surface area is 159 Å². The highest BCUT2D eigenvalue weighted by atomic mass is 16.6. The molecule has 2 aliphatic heterocycles. The van der Waals surface area contributed by atoms with E-state index in [1.54, 1.807) is 6.20 Å². The quantitative estimate of drug-likeness (QED) is 0.779. The molecule has 0 aliphatic carbocycles. The number of carbonyl (C=O) groups excluding carboxylic acids is 1. The maximum Gasteiger partial charge on any atom is 0.410 e. The zero-order chi connectivity index (χ0) is 19.0. The van der Waals surface area contributed by atoms with Crippen LogP contribution in [0.1, 0.15) is 44.2 Å². The SMILES string of the molecule is CC(C)(C)OC(=O)N1CCC(c2ccc3c(c2)NCc2cccnc2N3)C1. The van der Waals surface area contributed by atoms with Crippen LogP contribution in [0.5, 0.6) is 0 Å². The van der Waals surface area contributed by atoms with Crippen LogP contribution >= 0.6 is 0 Å². The third-order valence-electron chi connectivity index (χ3n) is 4.97. The highest BCUT2D eigenvalue weighted by Gasteiger charge is 2.31. The van der Waals surface area contributed by atoms with Gasteiger partial charge in [-0.3, -0.25) is 0 Å². The predicted octanol–water partition coefficient (Wildman–Crippen LogP) is 4.48. The summed E-state index contributed by atoms with van der Waals surface area (Å²) in [5.74, 6) is 1.22. The number of carbonyl (C=O) groups is 1. The Morgan fingerprint density at radius 2 is 2.11 bits per heavy atom. The van der Waals surface area contributed by atoms with Crippen LogP contribution in [-0.4, -0.2) is 34.7 Å². The molecule has 0 radical (unpaired) electrons. The van der Waals surface area contributed by atoms with Gasteiger partial charge in [0.1, 0.15) is 11.4 Å². The van der Waals surface area contributed by atoms with Crippen molar-refractivity contribution in [2.75, 3.05) is 23.7 Å². The number of rotatable bonds is 1. The maximum absolute atomic E-state index is 12.3. The van der Waals surface area contributed by atoms with Gasteiger partial charge in [-0.2, -0.15) is 0 Å². The molecule has 27 heavy (non-hydrogen) atoms. The molecule has 4 rings (SSSR count). The third kappa shape index (κ3) is 3.84. The molecule has 2 aliphatic rings. The van der Waals surface area contributed by atoms with Gasteiger partial charge in [0.05, 0.1) is 11.4 Å². The predicted molar refractivity (Wildman–Crippen MR) is 106 cm³/mol. The number of likely N-dealkylation sites (tertiary alicyclic amines) is 1. The average Bonchev–Trinajstić information content (AvgIpc) is 3.03. The molecule has 2 aromatic rings. The molecular weight excluding hydrogens is 340 g/mol. The fraction of sp³-hybridized carbons (Fsp3) is 0.429. The van der Waals surface area contributed by atoms with E-state index in [1.807, 2.05) is 31.7 Å². The van der Waals surface area contributed by atoms with Crippen LogP contribution in [0.2, 0.25) is 0 Å². The van der Waals surface area contributed by atoms with Gasteiger partial charge in [-0.15, -0.1) is 0 Å². The molecule has 1 fully saturated rings. The Balaban J connectivity index is 1.48. The number of anilines is 3. The second kappa shape index (κ2) is 6.76. The van der Waals surface area contributed by atoms with Crippen LogP contribution in [-0.2, 0) is 11.3 Å². The Kier molecular flexibility index (Phi) is 4.42. The topological polar surface area (TPSA) is 66.5 Å². The molecule has 1 unspecified atom stereocenters. The molecule has 6 nitrogen and oxygen atoms in total. The normalized spacial score (nSPS) is 18.6. The van der Waals surface area contributed by atoms with E-state index in [2.05, 4.69) is 39.9 Å². The monoisotopic (exact) mass is 366 g/mol. The lowest BCUT2D eigenvalue weighted by Crippen LogP contribution is -2.35. The van der Waals surface area contributed by atoms with Gasteiger partial charge in [-0.25, -0.2) is 9.78 Å². The van der Waals surface area contributed by atoms with Crippen molar-refractivity contribution in [2.45, 2.75) is 45.3 Å². The smallest absolute Gasteiger partial charge is 0.410 e. The standard InChI is InChI=1S/C21H26N4O2/c1-21(2,3)27-20(26)25-10-8-16(13-25)14-6-7-17-18(11-14)23-12-15-5-4-9-22-19(15)24-17/h4-7,9,11,16,23H,8,10,12-13H2,1-3H3,(H,22,24). The number of aromatic nitrogens is 1. The highest BCUT2D eigenvalue weighted by molar-refractivity contribution is 5.77. The lowest BCUT2D eigenvalue weighted by Gasteiger charge is -2.24. The van der Waals surface area contributed by atoms with Crippen molar-refractivity contribution in [3.05, 3.63) is 47.7 Å². The van der Waals surface area contributed by atoms with Crippen LogP contribution in [0.3, 0.4) is 0 Å². The number of benzene rings is 1. The number of ether oxygens (including phenoxy) is 1. The second-order valence-corrected chi connectivity index (χ2v) is 8.21. The van der Waals surface area contributed by atoms with Crippen molar-refractivity contribution >= 4 is 23.3 Å². The summed E-state index contributed by atoms with van der Waals surface area (Å²) < 4.78 is 5.51. The van der Waals surface area contributed by atoms with E-state index in [4.69, 9.17) is 4.74 Å². The number of hydrogen-bond donors (Lipinski definition) is 2. The first kappa shape index (κ1) is 17.6. The summed E-state index contributed by atoms with van der Waals surface area (Å²) in [7, 11) is 0. The summed E-state index contributed by atoms with van der Waals surface area (Å²) in [6, 6.07) is 10.5. The van der Waals surface area contributed by atoms with Crippen molar-refractivity contribution in [3.8, 4) is 0 Å². The third-order valence-corrected chi connectivity index (χ3v) is 4.97. The van der Waals surface area contributed by atoms with E-state index in [0.717, 1.165) is 42.3 Å². The zero-order valence-electron chi connectivity index (χ0n) is 16.1. The fourth-order valence-corrected chi connectivity index (χ4v) is 3.61. The van der Waals surface area contributed by atoms with Crippen molar-refractivity contribution < 1.29 is 9.53 Å². The second-order valence-electron chi connectivity index (χ2n) is 8.21. The molecule has 0 saturated carbocycles. The molecule has 6 heteroatoms. The van der Waals surface area contributed by atoms with E-state index in [1.165, 1.54) is 5.56 Å². The highest BCUT2D eigenvalue weighted by Crippen LogP contribution is 2.35. The maximum atomic E-state index is 12.3. The summed E-state index contributed by atoms with van der Waals surface area (Å²) in [5.41, 5.74) is 4.03. The first-order valence-electron chi connectivity index (χ1n) is 9.46. The molecule has 1 amide bonds. The van der Waals surface area contributed by atoms with Crippen LogP contribution in [0, 0.1) is 0 Å². The molecular formula is C21H26N4O2. The van der Waals surface area contributed by atoms with Gasteiger partial charge in [0.15, 0.2) is 0 Å². The van der Waals surface area contributed by atoms with Crippen LogP contribution in [0.4, 0.5) is 22.0 Å². The number of hydrogen-bond acceptors (Lipinski definition) is 5. The minimum atomic E-state index is -0.460. The molecule has 3 heterocycles. The van der Waals surface area contributed by atoms with Gasteiger partial charge < -0.3 is 20.3 Å². The molecule has 1 saturated heterocycles. The number of amides is 1. The van der Waals surface area contributed by atoms with Gasteiger partial charge in [-0.05, 0) is 51.0 Å². The van der Waals surface area contributed by atoms with Crippen LogP contribution in [0.15, 0.2) is 36.5 Å². The Morgan fingerprint density at radius 3 is 2.93 bits per heavy atom. The Hall–Kier alpha value is -2.76. The van der Waals surface area contributed by atoms with Crippen molar-refractivity contribution in [3.63, 3.8) is 0 Å². The van der Waals surface area contributed by atoms with E-state index in [9.17, 15) is 4.79 Å². The number of fused-ring (bicyclic) bond motifs is 2. The number of pyridine rings is 1. The van der Waals surface area contributed by atoms with Crippen LogP contribution in [0.25, 0.3) is 0 Å². The number of nitrogens with one attached hydrogen (secondary N) is 2. The van der Waals surface area contributed by atoms with Gasteiger partial charge in [0, 0.05) is 37.3 Å². The molecule has 0 bridgehead atoms. The lowest BCUT2D eigenvalue weighted by atomic mass is 9.97. The molecule has 1 aromatic heterocycles. The summed E-state index contributed by atoms with van der Waals surface area (Å²) in [5, 5.41) is 6.92. The fourth-order valence-electron chi connectivity index (χ4n) is 3.61. The molecule has 1 aromatic carbocycles. The summed E-state index contributed by atoms with van der Waals surface area (Å²) in [6.07, 6.45) is 2.53. The van der Waals surface area contributed by atoms with Gasteiger partial charge in [-0.1, -0.05) is 12.1 Å².